The first-order valence-electron chi connectivity index (χ1n) is 11.1. The van der Waals surface area contributed by atoms with Crippen molar-refractivity contribution >= 4 is 33.4 Å². The number of carbonyl (C=O) groups is 2. The Labute approximate surface area is 196 Å². The van der Waals surface area contributed by atoms with Crippen molar-refractivity contribution in [2.75, 3.05) is 4.90 Å². The van der Waals surface area contributed by atoms with Crippen LogP contribution in [0, 0.1) is 11.8 Å². The zero-order chi connectivity index (χ0) is 22.4. The van der Waals surface area contributed by atoms with Crippen LogP contribution in [0.5, 0.6) is 0 Å². The molecule has 1 heterocycles. The summed E-state index contributed by atoms with van der Waals surface area (Å²) in [5, 5.41) is 0. The molecule has 2 bridgehead atoms. The highest BCUT2D eigenvalue weighted by Crippen LogP contribution is 2.61. The van der Waals surface area contributed by atoms with Crippen LogP contribution in [0.3, 0.4) is 0 Å². The summed E-state index contributed by atoms with van der Waals surface area (Å²) in [6.07, 6.45) is 0. The van der Waals surface area contributed by atoms with Crippen LogP contribution in [0.15, 0.2) is 71.2 Å². The quantitative estimate of drug-likeness (QED) is 0.388. The van der Waals surface area contributed by atoms with E-state index in [-0.39, 0.29) is 40.9 Å². The van der Waals surface area contributed by atoms with Crippen LogP contribution in [0.1, 0.15) is 60.4 Å². The van der Waals surface area contributed by atoms with Crippen LogP contribution in [0.25, 0.3) is 0 Å². The van der Waals surface area contributed by atoms with E-state index in [1.165, 1.54) is 32.7 Å². The molecular weight excluding hydrogens is 462 g/mol. The number of hydrogen-bond acceptors (Lipinski definition) is 2. The average molecular weight is 486 g/mol. The van der Waals surface area contributed by atoms with Gasteiger partial charge in [-0.25, -0.2) is 4.90 Å². The van der Waals surface area contributed by atoms with Crippen LogP contribution in [-0.4, -0.2) is 11.8 Å². The minimum atomic E-state index is -0.353. The van der Waals surface area contributed by atoms with E-state index >= 15 is 0 Å². The highest BCUT2D eigenvalue weighted by Gasteiger charge is 2.61. The molecule has 3 aromatic carbocycles. The number of amides is 2. The molecule has 3 aromatic rings. The van der Waals surface area contributed by atoms with Gasteiger partial charge in [0.05, 0.1) is 17.5 Å². The summed E-state index contributed by atoms with van der Waals surface area (Å²) in [7, 11) is 0. The smallest absolute Gasteiger partial charge is 0.238 e. The fraction of sp³-hybridized carbons (Fsp3) is 0.286. The number of carbonyl (C=O) groups excluding carboxylic acids is 2. The zero-order valence-corrected chi connectivity index (χ0v) is 19.9. The van der Waals surface area contributed by atoms with Gasteiger partial charge in [0.15, 0.2) is 0 Å². The molecule has 0 aromatic heterocycles. The lowest BCUT2D eigenvalue weighted by atomic mass is 9.54. The molecule has 160 valence electrons. The first kappa shape index (κ1) is 19.9. The van der Waals surface area contributed by atoms with Crippen molar-refractivity contribution < 1.29 is 9.59 Å². The largest absolute Gasteiger partial charge is 0.274 e. The Morgan fingerprint density at radius 1 is 0.719 bits per heavy atom. The van der Waals surface area contributed by atoms with Crippen molar-refractivity contribution in [1.82, 2.24) is 0 Å². The molecule has 1 aliphatic heterocycles. The first-order valence-corrected chi connectivity index (χ1v) is 11.9. The third-order valence-electron chi connectivity index (χ3n) is 7.49. The molecule has 0 N–H and O–H groups in total. The number of imide groups is 1. The lowest BCUT2D eigenvalue weighted by Crippen LogP contribution is -2.41. The highest BCUT2D eigenvalue weighted by atomic mass is 79.9. The number of hydrogen-bond donors (Lipinski definition) is 0. The Kier molecular flexibility index (Phi) is 4.14. The molecule has 1 saturated heterocycles. The maximum absolute atomic E-state index is 13.8. The van der Waals surface area contributed by atoms with Crippen LogP contribution in [-0.2, 0) is 15.0 Å². The van der Waals surface area contributed by atoms with Gasteiger partial charge in [-0.05, 0) is 57.5 Å². The van der Waals surface area contributed by atoms with Gasteiger partial charge in [-0.3, -0.25) is 9.59 Å². The van der Waals surface area contributed by atoms with Gasteiger partial charge in [0.2, 0.25) is 11.8 Å². The van der Waals surface area contributed by atoms with Gasteiger partial charge in [-0.15, -0.1) is 0 Å². The van der Waals surface area contributed by atoms with Gasteiger partial charge in [0.25, 0.3) is 0 Å². The molecule has 3 aliphatic carbocycles. The molecule has 4 heteroatoms. The second-order valence-corrected chi connectivity index (χ2v) is 11.1. The van der Waals surface area contributed by atoms with Crippen LogP contribution < -0.4 is 4.90 Å². The molecule has 0 radical (unpaired) electrons. The summed E-state index contributed by atoms with van der Waals surface area (Å²) >= 11 is 3.45. The van der Waals surface area contributed by atoms with E-state index in [1.54, 1.807) is 0 Å². The lowest BCUT2D eigenvalue weighted by molar-refractivity contribution is -0.122. The van der Waals surface area contributed by atoms with E-state index in [1.807, 2.05) is 30.3 Å². The minimum absolute atomic E-state index is 0.0175. The van der Waals surface area contributed by atoms with Crippen LogP contribution >= 0.6 is 15.9 Å². The molecule has 0 saturated carbocycles. The maximum atomic E-state index is 13.8. The maximum Gasteiger partial charge on any atom is 0.238 e. The lowest BCUT2D eigenvalue weighted by Gasteiger charge is -2.46. The van der Waals surface area contributed by atoms with E-state index < -0.39 is 0 Å². The van der Waals surface area contributed by atoms with Gasteiger partial charge < -0.3 is 0 Å². The number of nitrogens with zero attached hydrogens (tertiary/aromatic N) is 1. The molecule has 4 aliphatic rings. The molecule has 0 spiro atoms. The van der Waals surface area contributed by atoms with Gasteiger partial charge in [-0.1, -0.05) is 79.2 Å². The predicted octanol–water partition coefficient (Wildman–Crippen LogP) is 6.14. The topological polar surface area (TPSA) is 37.4 Å². The summed E-state index contributed by atoms with van der Waals surface area (Å²) in [6.45, 7) is 6.64. The Morgan fingerprint density at radius 2 is 1.25 bits per heavy atom. The summed E-state index contributed by atoms with van der Waals surface area (Å²) < 4.78 is 0.923. The summed E-state index contributed by atoms with van der Waals surface area (Å²) in [5.74, 6) is -1.01. The van der Waals surface area contributed by atoms with Crippen molar-refractivity contribution in [2.45, 2.75) is 38.0 Å². The van der Waals surface area contributed by atoms with Crippen LogP contribution in [0.2, 0.25) is 0 Å². The normalized spacial score (nSPS) is 25.6. The van der Waals surface area contributed by atoms with Gasteiger partial charge >= 0.3 is 0 Å². The Bertz CT molecular complexity index is 1290. The van der Waals surface area contributed by atoms with Crippen molar-refractivity contribution in [3.05, 3.63) is 99.0 Å². The molecule has 32 heavy (non-hydrogen) atoms. The number of anilines is 1. The van der Waals surface area contributed by atoms with Gasteiger partial charge in [0, 0.05) is 16.3 Å². The summed E-state index contributed by atoms with van der Waals surface area (Å²) in [4.78, 5) is 29.0. The van der Waals surface area contributed by atoms with E-state index in [0.29, 0.717) is 5.69 Å². The molecule has 7 rings (SSSR count). The number of rotatable bonds is 1. The predicted molar refractivity (Wildman–Crippen MR) is 129 cm³/mol. The average Bonchev–Trinajstić information content (AvgIpc) is 3.04. The first-order chi connectivity index (χ1) is 15.3. The third-order valence-corrected chi connectivity index (χ3v) is 8.02. The summed E-state index contributed by atoms with van der Waals surface area (Å²) in [6, 6.07) is 22.5. The standard InChI is InChI=1S/C28H24BrNO2/c1-28(2,3)15-8-13-20-21(14-15)23-19-7-5-4-6-18(19)22(20)24-25(23)27(32)30(26(24)31)17-11-9-16(29)10-12-17/h4-14,22-25H,1-3H3/t22-,23-,24-,25+/m0/s1. The molecule has 3 nitrogen and oxygen atoms in total. The highest BCUT2D eigenvalue weighted by molar-refractivity contribution is 9.10. The van der Waals surface area contributed by atoms with E-state index in [0.717, 1.165) is 4.47 Å². The minimum Gasteiger partial charge on any atom is -0.274 e. The van der Waals surface area contributed by atoms with Crippen molar-refractivity contribution in [2.24, 2.45) is 11.8 Å². The fourth-order valence-corrected chi connectivity index (χ4v) is 6.30. The molecule has 2 amide bonds. The van der Waals surface area contributed by atoms with Crippen LogP contribution in [0.4, 0.5) is 5.69 Å². The third kappa shape index (κ3) is 2.59. The molecule has 0 unspecified atom stereocenters. The van der Waals surface area contributed by atoms with Gasteiger partial charge in [-0.2, -0.15) is 0 Å². The van der Waals surface area contributed by atoms with E-state index in [4.69, 9.17) is 0 Å². The molecule has 4 atom stereocenters. The second-order valence-electron chi connectivity index (χ2n) is 10.2. The monoisotopic (exact) mass is 485 g/mol. The van der Waals surface area contributed by atoms with Crippen molar-refractivity contribution in [3.63, 3.8) is 0 Å². The Morgan fingerprint density at radius 3 is 1.81 bits per heavy atom. The van der Waals surface area contributed by atoms with E-state index in [9.17, 15) is 9.59 Å². The second kappa shape index (κ2) is 6.64. The Hall–Kier alpha value is -2.72. The van der Waals surface area contributed by atoms with Crippen molar-refractivity contribution in [1.29, 1.82) is 0 Å². The van der Waals surface area contributed by atoms with E-state index in [2.05, 4.69) is 73.1 Å². The fourth-order valence-electron chi connectivity index (χ4n) is 6.04. The Balaban J connectivity index is 1.56. The SMILES string of the molecule is CC(C)(C)c1ccc2c(c1)[C@@H]1c3ccccc3[C@@H]2[C@@H]2C(=O)N(c3ccc(Br)cc3)C(=O)[C@H]12. The van der Waals surface area contributed by atoms with Crippen molar-refractivity contribution in [3.8, 4) is 0 Å². The zero-order valence-electron chi connectivity index (χ0n) is 18.3. The summed E-state index contributed by atoms with van der Waals surface area (Å²) in [5.41, 5.74) is 6.77. The van der Waals surface area contributed by atoms with Gasteiger partial charge in [0.1, 0.15) is 0 Å². The molecular formula is C28H24BrNO2. The number of benzene rings is 3. The molecule has 1 fully saturated rings. The number of halogens is 1.